The fourth-order valence-corrected chi connectivity index (χ4v) is 4.62. The predicted octanol–water partition coefficient (Wildman–Crippen LogP) is 4.23. The first-order valence-electron chi connectivity index (χ1n) is 9.87. The maximum Gasteiger partial charge on any atom is 0.308 e. The van der Waals surface area contributed by atoms with Crippen LogP contribution in [0.3, 0.4) is 0 Å². The fourth-order valence-electron chi connectivity index (χ4n) is 4.50. The van der Waals surface area contributed by atoms with Crippen LogP contribution in [0.4, 0.5) is 0 Å². The average Bonchev–Trinajstić information content (AvgIpc) is 3.19. The molecule has 0 aromatic heterocycles. The van der Waals surface area contributed by atoms with E-state index >= 15 is 0 Å². The van der Waals surface area contributed by atoms with Crippen LogP contribution in [0.25, 0.3) is 0 Å². The Labute approximate surface area is 190 Å². The monoisotopic (exact) mass is 519 g/mol. The van der Waals surface area contributed by atoms with E-state index in [2.05, 4.69) is 27.3 Å². The third kappa shape index (κ3) is 5.32. The van der Waals surface area contributed by atoms with Crippen molar-refractivity contribution in [2.24, 2.45) is 10.9 Å². The Hall–Kier alpha value is -1.02. The van der Waals surface area contributed by atoms with Gasteiger partial charge in [-0.2, -0.15) is 0 Å². The molecule has 0 unspecified atom stereocenters. The molecule has 1 aliphatic heterocycles. The molecule has 1 aliphatic carbocycles. The molecular weight excluding hydrogens is 489 g/mol. The van der Waals surface area contributed by atoms with Gasteiger partial charge in [-0.1, -0.05) is 36.6 Å². The van der Waals surface area contributed by atoms with Gasteiger partial charge in [-0.25, -0.2) is 0 Å². The zero-order valence-corrected chi connectivity index (χ0v) is 19.8. The third-order valence-electron chi connectivity index (χ3n) is 6.14. The number of hydrogen-bond acceptors (Lipinski definition) is 3. The number of aliphatic imine (C=N–C) groups is 1. The summed E-state index contributed by atoms with van der Waals surface area (Å²) in [6.07, 6.45) is 6.51. The van der Waals surface area contributed by atoms with Crippen molar-refractivity contribution in [2.75, 3.05) is 33.8 Å². The van der Waals surface area contributed by atoms with Crippen molar-refractivity contribution in [3.8, 4) is 0 Å². The van der Waals surface area contributed by atoms with Gasteiger partial charge in [0, 0.05) is 37.1 Å². The summed E-state index contributed by atoms with van der Waals surface area (Å²) < 4.78 is 4.88. The van der Waals surface area contributed by atoms with E-state index in [1.807, 2.05) is 19.2 Å². The van der Waals surface area contributed by atoms with Crippen molar-refractivity contribution in [1.82, 2.24) is 10.2 Å². The van der Waals surface area contributed by atoms with E-state index in [4.69, 9.17) is 16.3 Å². The highest BCUT2D eigenvalue weighted by atomic mass is 127. The van der Waals surface area contributed by atoms with E-state index in [1.165, 1.54) is 38.4 Å². The molecule has 1 N–H and O–H groups in total. The van der Waals surface area contributed by atoms with Crippen molar-refractivity contribution < 1.29 is 9.53 Å². The summed E-state index contributed by atoms with van der Waals surface area (Å²) in [5.74, 6) is 0.850. The average molecular weight is 520 g/mol. The van der Waals surface area contributed by atoms with Crippen molar-refractivity contribution in [1.29, 1.82) is 0 Å². The third-order valence-corrected chi connectivity index (χ3v) is 6.39. The first kappa shape index (κ1) is 23.3. The van der Waals surface area contributed by atoms with Crippen LogP contribution in [0.2, 0.25) is 5.02 Å². The van der Waals surface area contributed by atoms with Crippen LogP contribution in [0.1, 0.15) is 44.1 Å². The minimum absolute atomic E-state index is 0. The number of carbonyl (C=O) groups excluding carboxylic acids is 1. The fraction of sp³-hybridized carbons (Fsp3) is 0.619. The molecule has 3 rings (SSSR count). The van der Waals surface area contributed by atoms with E-state index in [0.29, 0.717) is 0 Å². The summed E-state index contributed by atoms with van der Waals surface area (Å²) >= 11 is 6.09. The van der Waals surface area contributed by atoms with Gasteiger partial charge in [0.05, 0.1) is 13.0 Å². The normalized spacial score (nSPS) is 19.8. The molecule has 2 fully saturated rings. The molecule has 1 aromatic carbocycles. The number of likely N-dealkylation sites (tertiary alicyclic amines) is 1. The molecule has 5 nitrogen and oxygen atoms in total. The molecule has 0 radical (unpaired) electrons. The van der Waals surface area contributed by atoms with Gasteiger partial charge >= 0.3 is 5.97 Å². The number of nitrogens with zero attached hydrogens (tertiary/aromatic N) is 2. The lowest BCUT2D eigenvalue weighted by atomic mass is 9.79. The van der Waals surface area contributed by atoms with E-state index in [9.17, 15) is 4.79 Å². The number of rotatable bonds is 4. The summed E-state index contributed by atoms with van der Waals surface area (Å²) in [4.78, 5) is 18.5. The number of piperidine rings is 1. The van der Waals surface area contributed by atoms with Crippen LogP contribution in [0.5, 0.6) is 0 Å². The van der Waals surface area contributed by atoms with Gasteiger partial charge in [-0.15, -0.1) is 24.0 Å². The summed E-state index contributed by atoms with van der Waals surface area (Å²) in [6.45, 7) is 2.53. The van der Waals surface area contributed by atoms with E-state index in [-0.39, 0.29) is 41.3 Å². The zero-order valence-electron chi connectivity index (χ0n) is 16.7. The Morgan fingerprint density at radius 3 is 2.39 bits per heavy atom. The Morgan fingerprint density at radius 2 is 1.86 bits per heavy atom. The minimum atomic E-state index is -0.0924. The molecule has 28 heavy (non-hydrogen) atoms. The number of esters is 1. The summed E-state index contributed by atoms with van der Waals surface area (Å²) in [6, 6.07) is 8.31. The minimum Gasteiger partial charge on any atom is -0.469 e. The van der Waals surface area contributed by atoms with Crippen molar-refractivity contribution in [3.05, 3.63) is 34.9 Å². The number of nitrogens with one attached hydrogen (secondary N) is 1. The van der Waals surface area contributed by atoms with Crippen molar-refractivity contribution in [2.45, 2.75) is 43.9 Å². The summed E-state index contributed by atoms with van der Waals surface area (Å²) in [5, 5.41) is 4.40. The van der Waals surface area contributed by atoms with Crippen molar-refractivity contribution >= 4 is 47.5 Å². The van der Waals surface area contributed by atoms with Gasteiger partial charge in [-0.3, -0.25) is 9.79 Å². The van der Waals surface area contributed by atoms with Crippen LogP contribution in [0, 0.1) is 5.92 Å². The SMILES string of the molecule is CN=C(NCC1(c2ccc(Cl)cc2)CCCC1)N1CCC(C(=O)OC)CC1.I. The molecular formula is C21H31ClIN3O2. The molecule has 1 heterocycles. The number of halogens is 2. The first-order valence-corrected chi connectivity index (χ1v) is 10.3. The quantitative estimate of drug-likeness (QED) is 0.280. The topological polar surface area (TPSA) is 53.9 Å². The van der Waals surface area contributed by atoms with Gasteiger partial charge < -0.3 is 15.0 Å². The van der Waals surface area contributed by atoms with Gasteiger partial charge in [-0.05, 0) is 43.4 Å². The maximum atomic E-state index is 11.7. The summed E-state index contributed by atoms with van der Waals surface area (Å²) in [5.41, 5.74) is 1.50. The Bertz CT molecular complexity index is 667. The van der Waals surface area contributed by atoms with Gasteiger partial charge in [0.25, 0.3) is 0 Å². The first-order chi connectivity index (χ1) is 13.1. The lowest BCUT2D eigenvalue weighted by molar-refractivity contribution is -0.146. The Kier molecular flexibility index (Phi) is 8.86. The molecule has 2 aliphatic rings. The van der Waals surface area contributed by atoms with Gasteiger partial charge in [0.2, 0.25) is 0 Å². The molecule has 1 saturated carbocycles. The van der Waals surface area contributed by atoms with Crippen LogP contribution in [-0.4, -0.2) is 50.6 Å². The second-order valence-corrected chi connectivity index (χ2v) is 8.12. The molecule has 0 bridgehead atoms. The highest BCUT2D eigenvalue weighted by molar-refractivity contribution is 14.0. The maximum absolute atomic E-state index is 11.7. The van der Waals surface area contributed by atoms with E-state index < -0.39 is 0 Å². The number of methoxy groups -OCH3 is 1. The highest BCUT2D eigenvalue weighted by Crippen LogP contribution is 2.41. The lowest BCUT2D eigenvalue weighted by Gasteiger charge is -2.36. The number of hydrogen-bond donors (Lipinski definition) is 1. The molecule has 0 amide bonds. The molecule has 0 spiro atoms. The van der Waals surface area contributed by atoms with Crippen LogP contribution < -0.4 is 5.32 Å². The van der Waals surface area contributed by atoms with Crippen LogP contribution in [-0.2, 0) is 14.9 Å². The standard InChI is InChI=1S/C21H30ClN3O2.HI/c1-23-20(25-13-9-16(10-14-25)19(26)27-2)24-15-21(11-3-4-12-21)17-5-7-18(22)8-6-17;/h5-8,16H,3-4,9-15H2,1-2H3,(H,23,24);1H. The molecule has 0 atom stereocenters. The smallest absolute Gasteiger partial charge is 0.308 e. The number of guanidine groups is 1. The number of benzene rings is 1. The number of carbonyl (C=O) groups is 1. The highest BCUT2D eigenvalue weighted by Gasteiger charge is 2.36. The van der Waals surface area contributed by atoms with Crippen molar-refractivity contribution in [3.63, 3.8) is 0 Å². The predicted molar refractivity (Wildman–Crippen MR) is 125 cm³/mol. The van der Waals surface area contributed by atoms with E-state index in [1.54, 1.807) is 0 Å². The molecule has 156 valence electrons. The molecule has 1 saturated heterocycles. The van der Waals surface area contributed by atoms with Crippen LogP contribution in [0.15, 0.2) is 29.3 Å². The Morgan fingerprint density at radius 1 is 1.25 bits per heavy atom. The zero-order chi connectivity index (χ0) is 19.3. The summed E-state index contributed by atoms with van der Waals surface area (Å²) in [7, 11) is 3.30. The van der Waals surface area contributed by atoms with E-state index in [0.717, 1.165) is 43.5 Å². The van der Waals surface area contributed by atoms with Gasteiger partial charge in [0.15, 0.2) is 5.96 Å². The van der Waals surface area contributed by atoms with Crippen LogP contribution >= 0.6 is 35.6 Å². The second kappa shape index (κ2) is 10.7. The number of ether oxygens (including phenoxy) is 1. The second-order valence-electron chi connectivity index (χ2n) is 7.68. The Balaban J connectivity index is 0.00000280. The van der Waals surface area contributed by atoms with Gasteiger partial charge in [0.1, 0.15) is 0 Å². The molecule has 1 aromatic rings. The largest absolute Gasteiger partial charge is 0.469 e. The lowest BCUT2D eigenvalue weighted by Crippen LogP contribution is -2.49. The molecule has 7 heteroatoms.